The van der Waals surface area contributed by atoms with E-state index in [-0.39, 0.29) is 18.1 Å². The highest BCUT2D eigenvalue weighted by molar-refractivity contribution is 7.80. The standard InChI is InChI=1S/C17H21ClN2O4S/c1-4-6-11-14(16(22)24-5-2)15(20-17(25)19-11)9-7-13(23-3)12(21)8-10(9)18/h6-8,14-15,21H,4-5H2,1-3H3,(H2,19,20,25)/b11-6+/t14-,15+/m1/s1. The molecule has 3 N–H and O–H groups in total. The first-order valence-corrected chi connectivity index (χ1v) is 8.72. The number of hydrogen-bond donors (Lipinski definition) is 3. The van der Waals surface area contributed by atoms with E-state index in [9.17, 15) is 9.90 Å². The van der Waals surface area contributed by atoms with Gasteiger partial charge in [0.05, 0.1) is 19.8 Å². The fraction of sp³-hybridized carbons (Fsp3) is 0.412. The van der Waals surface area contributed by atoms with Gasteiger partial charge in [-0.3, -0.25) is 4.79 Å². The van der Waals surface area contributed by atoms with E-state index in [1.165, 1.54) is 13.2 Å². The molecule has 0 unspecified atom stereocenters. The average molecular weight is 385 g/mol. The highest BCUT2D eigenvalue weighted by Crippen LogP contribution is 2.40. The largest absolute Gasteiger partial charge is 0.504 e. The third-order valence-corrected chi connectivity index (χ3v) is 4.36. The van der Waals surface area contributed by atoms with Crippen molar-refractivity contribution in [3.05, 3.63) is 34.5 Å². The van der Waals surface area contributed by atoms with Crippen molar-refractivity contribution in [2.75, 3.05) is 13.7 Å². The van der Waals surface area contributed by atoms with Crippen molar-refractivity contribution in [3.63, 3.8) is 0 Å². The first kappa shape index (κ1) is 19.3. The van der Waals surface area contributed by atoms with Crippen LogP contribution in [0.25, 0.3) is 0 Å². The molecular weight excluding hydrogens is 364 g/mol. The number of methoxy groups -OCH3 is 1. The zero-order chi connectivity index (χ0) is 18.6. The summed E-state index contributed by atoms with van der Waals surface area (Å²) in [5.41, 5.74) is 1.25. The van der Waals surface area contributed by atoms with Crippen molar-refractivity contribution >= 4 is 34.9 Å². The van der Waals surface area contributed by atoms with E-state index in [0.29, 0.717) is 21.4 Å². The van der Waals surface area contributed by atoms with Crippen molar-refractivity contribution in [2.24, 2.45) is 5.92 Å². The molecule has 0 aliphatic carbocycles. The predicted molar refractivity (Wildman–Crippen MR) is 99.8 cm³/mol. The van der Waals surface area contributed by atoms with E-state index in [1.54, 1.807) is 13.0 Å². The van der Waals surface area contributed by atoms with E-state index in [4.69, 9.17) is 33.3 Å². The van der Waals surface area contributed by atoms with Gasteiger partial charge in [-0.1, -0.05) is 24.6 Å². The molecule has 1 aliphatic rings. The lowest BCUT2D eigenvalue weighted by atomic mass is 9.88. The summed E-state index contributed by atoms with van der Waals surface area (Å²) < 4.78 is 10.4. The van der Waals surface area contributed by atoms with Gasteiger partial charge in [0.2, 0.25) is 0 Å². The Morgan fingerprint density at radius 3 is 2.76 bits per heavy atom. The number of nitrogens with one attached hydrogen (secondary N) is 2. The SMILES string of the molecule is CC/C=C1/NC(=S)N[C@@H](c2cc(OC)c(O)cc2Cl)[C@@H]1C(=O)OCC. The van der Waals surface area contributed by atoms with Crippen LogP contribution in [0.15, 0.2) is 23.9 Å². The van der Waals surface area contributed by atoms with Gasteiger partial charge in [0.1, 0.15) is 5.92 Å². The lowest BCUT2D eigenvalue weighted by molar-refractivity contribution is -0.147. The number of allylic oxidation sites excluding steroid dienone is 1. The minimum absolute atomic E-state index is 0.0789. The molecule has 1 aromatic carbocycles. The number of aromatic hydroxyl groups is 1. The minimum Gasteiger partial charge on any atom is -0.504 e. The quantitative estimate of drug-likeness (QED) is 0.531. The molecule has 6 nitrogen and oxygen atoms in total. The predicted octanol–water partition coefficient (Wildman–Crippen LogP) is 3.05. The Morgan fingerprint density at radius 1 is 1.44 bits per heavy atom. The van der Waals surface area contributed by atoms with Crippen molar-refractivity contribution in [2.45, 2.75) is 26.3 Å². The van der Waals surface area contributed by atoms with Gasteiger partial charge >= 0.3 is 5.97 Å². The number of benzene rings is 1. The molecule has 1 aliphatic heterocycles. The number of thiocarbonyl (C=S) groups is 1. The summed E-state index contributed by atoms with van der Waals surface area (Å²) in [5.74, 6) is -0.866. The van der Waals surface area contributed by atoms with Crippen molar-refractivity contribution in [1.82, 2.24) is 10.6 Å². The van der Waals surface area contributed by atoms with Gasteiger partial charge in [-0.15, -0.1) is 0 Å². The highest BCUT2D eigenvalue weighted by Gasteiger charge is 2.39. The number of rotatable bonds is 5. The van der Waals surface area contributed by atoms with Crippen LogP contribution in [0, 0.1) is 5.92 Å². The van der Waals surface area contributed by atoms with Crippen molar-refractivity contribution in [1.29, 1.82) is 0 Å². The second kappa shape index (κ2) is 8.40. The van der Waals surface area contributed by atoms with Crippen LogP contribution in [-0.4, -0.2) is 29.9 Å². The van der Waals surface area contributed by atoms with Gasteiger partial charge in [-0.05, 0) is 37.2 Å². The fourth-order valence-electron chi connectivity index (χ4n) is 2.76. The number of esters is 1. The summed E-state index contributed by atoms with van der Waals surface area (Å²) in [6.07, 6.45) is 2.62. The molecule has 0 amide bonds. The number of carbonyl (C=O) groups excluding carboxylic acids is 1. The Balaban J connectivity index is 2.56. The van der Waals surface area contributed by atoms with Gasteiger partial charge in [0, 0.05) is 16.8 Å². The van der Waals surface area contributed by atoms with Crippen LogP contribution in [0.2, 0.25) is 5.02 Å². The third kappa shape index (κ3) is 4.16. The van der Waals surface area contributed by atoms with Crippen LogP contribution in [0.1, 0.15) is 31.9 Å². The topological polar surface area (TPSA) is 79.8 Å². The second-order valence-corrected chi connectivity index (χ2v) is 6.23. The molecule has 0 aromatic heterocycles. The summed E-state index contributed by atoms with van der Waals surface area (Å²) in [6, 6.07) is 2.43. The summed E-state index contributed by atoms with van der Waals surface area (Å²) in [7, 11) is 1.44. The summed E-state index contributed by atoms with van der Waals surface area (Å²) >= 11 is 11.6. The molecule has 25 heavy (non-hydrogen) atoms. The Bertz CT molecular complexity index is 708. The molecule has 0 bridgehead atoms. The lowest BCUT2D eigenvalue weighted by Crippen LogP contribution is -2.51. The van der Waals surface area contributed by atoms with Gasteiger partial charge in [0.25, 0.3) is 0 Å². The van der Waals surface area contributed by atoms with Crippen LogP contribution in [0.5, 0.6) is 11.5 Å². The summed E-state index contributed by atoms with van der Waals surface area (Å²) in [4.78, 5) is 12.6. The van der Waals surface area contributed by atoms with E-state index in [2.05, 4.69) is 10.6 Å². The number of phenolic OH excluding ortho intramolecular Hbond substituents is 1. The van der Waals surface area contributed by atoms with Gasteiger partial charge < -0.3 is 25.2 Å². The molecule has 8 heteroatoms. The van der Waals surface area contributed by atoms with E-state index in [0.717, 1.165) is 6.42 Å². The normalized spacial score (nSPS) is 21.4. The van der Waals surface area contributed by atoms with Crippen LogP contribution in [-0.2, 0) is 9.53 Å². The molecule has 0 radical (unpaired) electrons. The Hall–Kier alpha value is -1.99. The molecule has 1 aromatic rings. The Morgan fingerprint density at radius 2 is 2.16 bits per heavy atom. The van der Waals surface area contributed by atoms with Crippen LogP contribution < -0.4 is 15.4 Å². The molecule has 2 rings (SSSR count). The molecule has 1 saturated heterocycles. The number of phenols is 1. The Kier molecular flexibility index (Phi) is 6.50. The van der Waals surface area contributed by atoms with E-state index < -0.39 is 17.9 Å². The maximum atomic E-state index is 12.6. The zero-order valence-corrected chi connectivity index (χ0v) is 15.8. The van der Waals surface area contributed by atoms with Gasteiger partial charge in [0.15, 0.2) is 16.6 Å². The maximum absolute atomic E-state index is 12.6. The number of halogens is 1. The van der Waals surface area contributed by atoms with E-state index in [1.807, 2.05) is 13.0 Å². The van der Waals surface area contributed by atoms with Crippen molar-refractivity contribution < 1.29 is 19.4 Å². The third-order valence-electron chi connectivity index (χ3n) is 3.81. The monoisotopic (exact) mass is 384 g/mol. The van der Waals surface area contributed by atoms with Crippen LogP contribution >= 0.6 is 23.8 Å². The molecule has 1 heterocycles. The highest BCUT2D eigenvalue weighted by atomic mass is 35.5. The molecule has 0 saturated carbocycles. The van der Waals surface area contributed by atoms with Crippen LogP contribution in [0.3, 0.4) is 0 Å². The number of ether oxygens (including phenoxy) is 2. The van der Waals surface area contributed by atoms with Gasteiger partial charge in [-0.2, -0.15) is 0 Å². The minimum atomic E-state index is -0.654. The summed E-state index contributed by atoms with van der Waals surface area (Å²) in [6.45, 7) is 3.98. The van der Waals surface area contributed by atoms with Crippen LogP contribution in [0.4, 0.5) is 0 Å². The molecule has 0 spiro atoms. The molecule has 1 fully saturated rings. The smallest absolute Gasteiger partial charge is 0.317 e. The van der Waals surface area contributed by atoms with Gasteiger partial charge in [-0.25, -0.2) is 0 Å². The second-order valence-electron chi connectivity index (χ2n) is 5.42. The molecule has 136 valence electrons. The zero-order valence-electron chi connectivity index (χ0n) is 14.3. The first-order valence-electron chi connectivity index (χ1n) is 7.93. The Labute approximate surface area is 157 Å². The number of hydrogen-bond acceptors (Lipinski definition) is 5. The molecular formula is C17H21ClN2O4S. The average Bonchev–Trinajstić information content (AvgIpc) is 2.55. The summed E-state index contributed by atoms with van der Waals surface area (Å²) in [5, 5.41) is 16.7. The number of carbonyl (C=O) groups is 1. The maximum Gasteiger partial charge on any atom is 0.317 e. The lowest BCUT2D eigenvalue weighted by Gasteiger charge is -2.36. The first-order chi connectivity index (χ1) is 11.9. The van der Waals surface area contributed by atoms with Crippen molar-refractivity contribution in [3.8, 4) is 11.5 Å². The van der Waals surface area contributed by atoms with E-state index >= 15 is 0 Å². The molecule has 2 atom stereocenters. The fourth-order valence-corrected chi connectivity index (χ4v) is 3.28.